The molecule has 0 radical (unpaired) electrons. The molecule has 0 aliphatic rings. The van der Waals surface area contributed by atoms with E-state index in [1.54, 1.807) is 12.1 Å². The molecule has 0 heterocycles. The van der Waals surface area contributed by atoms with Crippen molar-refractivity contribution in [3.05, 3.63) is 58.9 Å². The van der Waals surface area contributed by atoms with Crippen LogP contribution < -0.4 is 14.8 Å². The van der Waals surface area contributed by atoms with Crippen LogP contribution in [0.4, 0.5) is 17.6 Å². The monoisotopic (exact) mass is 385 g/mol. The number of methoxy groups -OCH3 is 1. The predicted octanol–water partition coefficient (Wildman–Crippen LogP) is 4.25. The molecule has 0 saturated carbocycles. The van der Waals surface area contributed by atoms with Crippen LogP contribution in [-0.2, 0) is 17.5 Å². The standard InChI is InChI=1S/C19H19F4NO3/c1-12-3-6-16(17(9-12)26-2)27-8-7-18(25)24-11-13-4-5-14(20)10-15(13)19(21,22)23/h3-6,9-10H,7-8,11H2,1-2H3,(H,24,25). The Morgan fingerprint density at radius 3 is 2.52 bits per heavy atom. The smallest absolute Gasteiger partial charge is 0.416 e. The van der Waals surface area contributed by atoms with E-state index in [9.17, 15) is 22.4 Å². The van der Waals surface area contributed by atoms with Crippen LogP contribution in [0.5, 0.6) is 11.5 Å². The van der Waals surface area contributed by atoms with Crippen LogP contribution in [0.25, 0.3) is 0 Å². The molecular formula is C19H19F4NO3. The number of alkyl halides is 3. The maximum Gasteiger partial charge on any atom is 0.416 e. The van der Waals surface area contributed by atoms with Crippen molar-refractivity contribution in [1.29, 1.82) is 0 Å². The second-order valence-electron chi connectivity index (χ2n) is 5.83. The zero-order chi connectivity index (χ0) is 20.0. The molecule has 2 aromatic carbocycles. The van der Waals surface area contributed by atoms with Crippen molar-refractivity contribution < 1.29 is 31.8 Å². The van der Waals surface area contributed by atoms with Crippen molar-refractivity contribution in [3.63, 3.8) is 0 Å². The van der Waals surface area contributed by atoms with Gasteiger partial charge in [-0.2, -0.15) is 13.2 Å². The van der Waals surface area contributed by atoms with E-state index < -0.39 is 23.5 Å². The minimum absolute atomic E-state index is 0.0286. The molecule has 0 aromatic heterocycles. The molecule has 8 heteroatoms. The van der Waals surface area contributed by atoms with Gasteiger partial charge in [0.05, 0.1) is 25.7 Å². The third-order valence-corrected chi connectivity index (χ3v) is 3.76. The molecule has 4 nitrogen and oxygen atoms in total. The molecule has 1 amide bonds. The number of hydrogen-bond acceptors (Lipinski definition) is 3. The summed E-state index contributed by atoms with van der Waals surface area (Å²) in [7, 11) is 1.50. The number of ether oxygens (including phenoxy) is 2. The van der Waals surface area contributed by atoms with Gasteiger partial charge < -0.3 is 14.8 Å². The van der Waals surface area contributed by atoms with E-state index in [2.05, 4.69) is 5.32 Å². The summed E-state index contributed by atoms with van der Waals surface area (Å²) in [6.07, 6.45) is -4.76. The van der Waals surface area contributed by atoms with E-state index in [4.69, 9.17) is 9.47 Å². The molecule has 0 atom stereocenters. The SMILES string of the molecule is COc1cc(C)ccc1OCCC(=O)NCc1ccc(F)cc1C(F)(F)F. The normalized spacial score (nSPS) is 11.2. The molecule has 0 fully saturated rings. The van der Waals surface area contributed by atoms with Crippen LogP contribution in [0.2, 0.25) is 0 Å². The molecule has 0 aliphatic heterocycles. The first-order chi connectivity index (χ1) is 12.7. The van der Waals surface area contributed by atoms with Gasteiger partial charge >= 0.3 is 6.18 Å². The lowest BCUT2D eigenvalue weighted by atomic mass is 10.1. The van der Waals surface area contributed by atoms with E-state index in [-0.39, 0.29) is 25.1 Å². The summed E-state index contributed by atoms with van der Waals surface area (Å²) in [5.41, 5.74) is -0.335. The molecule has 2 aromatic rings. The van der Waals surface area contributed by atoms with Crippen molar-refractivity contribution in [2.45, 2.75) is 26.1 Å². The highest BCUT2D eigenvalue weighted by atomic mass is 19.4. The quantitative estimate of drug-likeness (QED) is 0.725. The summed E-state index contributed by atoms with van der Waals surface area (Å²) in [5, 5.41) is 2.38. The van der Waals surface area contributed by atoms with Crippen molar-refractivity contribution in [1.82, 2.24) is 5.32 Å². The van der Waals surface area contributed by atoms with E-state index in [0.29, 0.717) is 17.6 Å². The first-order valence-electron chi connectivity index (χ1n) is 8.10. The Kier molecular flexibility index (Phi) is 6.65. The van der Waals surface area contributed by atoms with E-state index in [1.807, 2.05) is 13.0 Å². The Labute approximate surface area is 154 Å². The fourth-order valence-electron chi connectivity index (χ4n) is 2.40. The molecule has 0 unspecified atom stereocenters. The lowest BCUT2D eigenvalue weighted by Gasteiger charge is -2.14. The van der Waals surface area contributed by atoms with Gasteiger partial charge in [0.25, 0.3) is 0 Å². The Balaban J connectivity index is 1.89. The second kappa shape index (κ2) is 8.75. The fourth-order valence-corrected chi connectivity index (χ4v) is 2.40. The minimum Gasteiger partial charge on any atom is -0.493 e. The highest BCUT2D eigenvalue weighted by Crippen LogP contribution is 2.32. The largest absolute Gasteiger partial charge is 0.493 e. The summed E-state index contributed by atoms with van der Waals surface area (Å²) >= 11 is 0. The van der Waals surface area contributed by atoms with E-state index in [1.165, 1.54) is 7.11 Å². The number of benzene rings is 2. The predicted molar refractivity (Wildman–Crippen MR) is 91.1 cm³/mol. The molecule has 27 heavy (non-hydrogen) atoms. The maximum absolute atomic E-state index is 13.1. The highest BCUT2D eigenvalue weighted by Gasteiger charge is 2.33. The van der Waals surface area contributed by atoms with E-state index >= 15 is 0 Å². The van der Waals surface area contributed by atoms with Crippen LogP contribution in [-0.4, -0.2) is 19.6 Å². The molecule has 0 aliphatic carbocycles. The van der Waals surface area contributed by atoms with Gasteiger partial charge in [-0.15, -0.1) is 0 Å². The Morgan fingerprint density at radius 2 is 1.85 bits per heavy atom. The van der Waals surface area contributed by atoms with Gasteiger partial charge in [-0.1, -0.05) is 12.1 Å². The minimum atomic E-state index is -4.70. The van der Waals surface area contributed by atoms with Gasteiger partial charge in [0.1, 0.15) is 5.82 Å². The van der Waals surface area contributed by atoms with Crippen LogP contribution >= 0.6 is 0 Å². The Bertz CT molecular complexity index is 806. The maximum atomic E-state index is 13.1. The number of aryl methyl sites for hydroxylation is 1. The molecule has 0 saturated heterocycles. The summed E-state index contributed by atoms with van der Waals surface area (Å²) < 4.78 is 62.5. The second-order valence-corrected chi connectivity index (χ2v) is 5.83. The molecule has 0 spiro atoms. The summed E-state index contributed by atoms with van der Waals surface area (Å²) in [6, 6.07) is 7.65. The van der Waals surface area contributed by atoms with Crippen molar-refractivity contribution in [2.75, 3.05) is 13.7 Å². The number of halogens is 4. The molecule has 2 rings (SSSR count). The van der Waals surface area contributed by atoms with Crippen molar-refractivity contribution in [2.24, 2.45) is 0 Å². The van der Waals surface area contributed by atoms with Gasteiger partial charge in [-0.05, 0) is 42.3 Å². The Hall–Kier alpha value is -2.77. The number of hydrogen-bond donors (Lipinski definition) is 1. The van der Waals surface area contributed by atoms with E-state index in [0.717, 1.165) is 17.7 Å². The van der Waals surface area contributed by atoms with Crippen molar-refractivity contribution in [3.8, 4) is 11.5 Å². The number of amides is 1. The third kappa shape index (κ3) is 5.87. The summed E-state index contributed by atoms with van der Waals surface area (Å²) in [4.78, 5) is 11.9. The third-order valence-electron chi connectivity index (χ3n) is 3.76. The van der Waals surface area contributed by atoms with Gasteiger partial charge in [-0.3, -0.25) is 4.79 Å². The average Bonchev–Trinajstić information content (AvgIpc) is 2.61. The summed E-state index contributed by atoms with van der Waals surface area (Å²) in [5.74, 6) is -0.485. The molecular weight excluding hydrogens is 366 g/mol. The average molecular weight is 385 g/mol. The topological polar surface area (TPSA) is 47.6 Å². The van der Waals surface area contributed by atoms with Gasteiger partial charge in [-0.25, -0.2) is 4.39 Å². The lowest BCUT2D eigenvalue weighted by Crippen LogP contribution is -2.26. The van der Waals surface area contributed by atoms with Crippen LogP contribution in [0.15, 0.2) is 36.4 Å². The molecule has 1 N–H and O–H groups in total. The summed E-state index contributed by atoms with van der Waals surface area (Å²) in [6.45, 7) is 1.56. The zero-order valence-electron chi connectivity index (χ0n) is 14.8. The van der Waals surface area contributed by atoms with Gasteiger partial charge in [0.2, 0.25) is 5.91 Å². The molecule has 146 valence electrons. The van der Waals surface area contributed by atoms with Crippen molar-refractivity contribution >= 4 is 5.91 Å². The van der Waals surface area contributed by atoms with Crippen LogP contribution in [0.3, 0.4) is 0 Å². The van der Waals surface area contributed by atoms with Crippen LogP contribution in [0.1, 0.15) is 23.1 Å². The first-order valence-corrected chi connectivity index (χ1v) is 8.10. The number of rotatable bonds is 7. The van der Waals surface area contributed by atoms with Gasteiger partial charge in [0, 0.05) is 6.54 Å². The Morgan fingerprint density at radius 1 is 1.11 bits per heavy atom. The number of carbonyl (C=O) groups excluding carboxylic acids is 1. The highest BCUT2D eigenvalue weighted by molar-refractivity contribution is 5.76. The van der Waals surface area contributed by atoms with Crippen LogP contribution in [0, 0.1) is 12.7 Å². The lowest BCUT2D eigenvalue weighted by molar-refractivity contribution is -0.138. The van der Waals surface area contributed by atoms with Gasteiger partial charge in [0.15, 0.2) is 11.5 Å². The number of carbonyl (C=O) groups is 1. The molecule has 0 bridgehead atoms. The fraction of sp³-hybridized carbons (Fsp3) is 0.316. The first kappa shape index (κ1) is 20.5. The number of nitrogens with one attached hydrogen (secondary N) is 1. The zero-order valence-corrected chi connectivity index (χ0v) is 14.8.